The molecule has 2 heterocycles. The maximum absolute atomic E-state index is 5.87. The molecule has 2 aromatic rings. The Kier molecular flexibility index (Phi) is 7.74. The zero-order valence-corrected chi connectivity index (χ0v) is 20.3. The Hall–Kier alpha value is -0.940. The quantitative estimate of drug-likeness (QED) is 0.476. The first-order valence-electron chi connectivity index (χ1n) is 10.4. The predicted molar refractivity (Wildman–Crippen MR) is 121 cm³/mol. The Morgan fingerprint density at radius 2 is 0.935 bits per heavy atom. The van der Waals surface area contributed by atoms with Gasteiger partial charge in [0, 0.05) is 0 Å². The number of benzene rings is 2. The molecule has 0 bridgehead atoms. The SMILES string of the molecule is Cc1cc(C)cc(COP2OCC3(CO2)COP(OCc2cc(C)cc(C)c2)OC3)c1. The molecule has 2 aromatic carbocycles. The molecule has 2 aliphatic heterocycles. The van der Waals surface area contributed by atoms with Crippen LogP contribution in [0.5, 0.6) is 0 Å². The predicted octanol–water partition coefficient (Wildman–Crippen LogP) is 6.19. The molecule has 31 heavy (non-hydrogen) atoms. The van der Waals surface area contributed by atoms with Gasteiger partial charge in [-0.1, -0.05) is 58.7 Å². The summed E-state index contributed by atoms with van der Waals surface area (Å²) in [5.74, 6) is 0. The van der Waals surface area contributed by atoms with E-state index in [1.807, 2.05) is 0 Å². The van der Waals surface area contributed by atoms with Gasteiger partial charge in [0.25, 0.3) is 0 Å². The van der Waals surface area contributed by atoms with Crippen LogP contribution in [0.2, 0.25) is 0 Å². The summed E-state index contributed by atoms with van der Waals surface area (Å²) in [7, 11) is -2.71. The molecular formula is C23H30O6P2. The minimum absolute atomic E-state index is 0.301. The fourth-order valence-corrected chi connectivity index (χ4v) is 6.26. The second-order valence-corrected chi connectivity index (χ2v) is 11.0. The molecule has 8 heteroatoms. The maximum atomic E-state index is 5.87. The second kappa shape index (κ2) is 10.3. The Morgan fingerprint density at radius 3 is 1.26 bits per heavy atom. The molecule has 0 amide bonds. The van der Waals surface area contributed by atoms with Crippen molar-refractivity contribution in [3.63, 3.8) is 0 Å². The lowest BCUT2D eigenvalue weighted by atomic mass is 9.93. The molecule has 2 fully saturated rings. The van der Waals surface area contributed by atoms with Crippen molar-refractivity contribution >= 4 is 17.2 Å². The van der Waals surface area contributed by atoms with Crippen LogP contribution in [0.4, 0.5) is 0 Å². The van der Waals surface area contributed by atoms with Crippen molar-refractivity contribution in [3.8, 4) is 0 Å². The molecule has 0 N–H and O–H groups in total. The van der Waals surface area contributed by atoms with Crippen molar-refractivity contribution in [1.29, 1.82) is 0 Å². The van der Waals surface area contributed by atoms with E-state index in [-0.39, 0.29) is 5.41 Å². The van der Waals surface area contributed by atoms with Gasteiger partial charge in [-0.2, -0.15) is 0 Å². The van der Waals surface area contributed by atoms with Crippen molar-refractivity contribution in [2.75, 3.05) is 26.4 Å². The third-order valence-electron chi connectivity index (χ3n) is 5.14. The van der Waals surface area contributed by atoms with Gasteiger partial charge in [-0.05, 0) is 38.8 Å². The third-order valence-corrected chi connectivity index (χ3v) is 7.18. The molecule has 6 nitrogen and oxygen atoms in total. The fourth-order valence-electron chi connectivity index (χ4n) is 3.79. The minimum atomic E-state index is -1.36. The van der Waals surface area contributed by atoms with Crippen LogP contribution in [0.3, 0.4) is 0 Å². The van der Waals surface area contributed by atoms with Crippen molar-refractivity contribution in [3.05, 3.63) is 69.8 Å². The van der Waals surface area contributed by atoms with Crippen molar-refractivity contribution in [2.24, 2.45) is 5.41 Å². The molecule has 4 rings (SSSR count). The van der Waals surface area contributed by atoms with Crippen LogP contribution in [0.15, 0.2) is 36.4 Å². The standard InChI is InChI=1S/C23H30O6P2/c1-17-5-18(2)8-21(7-17)11-24-30-26-13-23(14-27-30)15-28-31(29-16-23)25-12-22-9-19(3)6-20(4)10-22/h5-10H,11-16H2,1-4H3. The van der Waals surface area contributed by atoms with E-state index >= 15 is 0 Å². The summed E-state index contributed by atoms with van der Waals surface area (Å²) in [6.07, 6.45) is 0. The first-order chi connectivity index (χ1) is 14.9. The van der Waals surface area contributed by atoms with Crippen LogP contribution in [-0.2, 0) is 40.4 Å². The zero-order valence-electron chi connectivity index (χ0n) is 18.6. The van der Waals surface area contributed by atoms with Gasteiger partial charge in [-0.15, -0.1) is 0 Å². The highest BCUT2D eigenvalue weighted by atomic mass is 31.2. The Balaban J connectivity index is 1.19. The number of aryl methyl sites for hydroxylation is 4. The summed E-state index contributed by atoms with van der Waals surface area (Å²) in [6, 6.07) is 12.8. The van der Waals surface area contributed by atoms with E-state index in [2.05, 4.69) is 64.1 Å². The molecule has 0 unspecified atom stereocenters. The first-order valence-corrected chi connectivity index (χ1v) is 12.6. The number of hydrogen-bond donors (Lipinski definition) is 0. The van der Waals surface area contributed by atoms with Gasteiger partial charge in [0.15, 0.2) is 0 Å². The van der Waals surface area contributed by atoms with E-state index in [1.54, 1.807) is 0 Å². The summed E-state index contributed by atoms with van der Waals surface area (Å²) in [4.78, 5) is 0. The molecule has 168 valence electrons. The first kappa shape index (κ1) is 23.2. The van der Waals surface area contributed by atoms with Gasteiger partial charge >= 0.3 is 17.2 Å². The van der Waals surface area contributed by atoms with Gasteiger partial charge in [-0.25, -0.2) is 0 Å². The lowest BCUT2D eigenvalue weighted by Gasteiger charge is -2.41. The average molecular weight is 464 g/mol. The molecular weight excluding hydrogens is 434 g/mol. The van der Waals surface area contributed by atoms with E-state index in [1.165, 1.54) is 22.3 Å². The zero-order chi connectivity index (χ0) is 21.8. The Labute approximate surface area is 187 Å². The van der Waals surface area contributed by atoms with Gasteiger partial charge in [0.2, 0.25) is 0 Å². The van der Waals surface area contributed by atoms with Crippen LogP contribution in [-0.4, -0.2) is 26.4 Å². The fraction of sp³-hybridized carbons (Fsp3) is 0.478. The molecule has 0 aromatic heterocycles. The molecule has 1 spiro atoms. The highest BCUT2D eigenvalue weighted by Crippen LogP contribution is 2.53. The molecule has 2 saturated heterocycles. The summed E-state index contributed by atoms with van der Waals surface area (Å²) in [5.41, 5.74) is 6.86. The Bertz CT molecular complexity index is 772. The molecule has 0 atom stereocenters. The number of hydrogen-bond acceptors (Lipinski definition) is 6. The third kappa shape index (κ3) is 6.54. The van der Waals surface area contributed by atoms with Crippen LogP contribution >= 0.6 is 17.2 Å². The van der Waals surface area contributed by atoms with Gasteiger partial charge < -0.3 is 27.1 Å². The molecule has 0 radical (unpaired) electrons. The maximum Gasteiger partial charge on any atom is 0.333 e. The van der Waals surface area contributed by atoms with Crippen LogP contribution in [0, 0.1) is 33.1 Å². The Morgan fingerprint density at radius 1 is 0.613 bits per heavy atom. The van der Waals surface area contributed by atoms with E-state index < -0.39 is 17.2 Å². The molecule has 2 aliphatic rings. The van der Waals surface area contributed by atoms with Gasteiger partial charge in [-0.3, -0.25) is 0 Å². The highest BCUT2D eigenvalue weighted by molar-refractivity contribution is 7.42. The van der Waals surface area contributed by atoms with Gasteiger partial charge in [0.1, 0.15) is 0 Å². The van der Waals surface area contributed by atoms with Crippen molar-refractivity contribution in [1.82, 2.24) is 0 Å². The highest BCUT2D eigenvalue weighted by Gasteiger charge is 2.44. The summed E-state index contributed by atoms with van der Waals surface area (Å²) < 4.78 is 35.2. The van der Waals surface area contributed by atoms with Crippen molar-refractivity contribution in [2.45, 2.75) is 40.9 Å². The van der Waals surface area contributed by atoms with Crippen LogP contribution in [0.1, 0.15) is 33.4 Å². The van der Waals surface area contributed by atoms with E-state index in [0.29, 0.717) is 39.6 Å². The monoisotopic (exact) mass is 464 g/mol. The summed E-state index contributed by atoms with van der Waals surface area (Å²) >= 11 is 0. The second-order valence-electron chi connectivity index (χ2n) is 8.58. The number of rotatable bonds is 6. The van der Waals surface area contributed by atoms with Crippen molar-refractivity contribution < 1.29 is 27.1 Å². The largest absolute Gasteiger partial charge is 0.333 e. The average Bonchev–Trinajstić information content (AvgIpc) is 2.72. The van der Waals surface area contributed by atoms with E-state index in [9.17, 15) is 0 Å². The summed E-state index contributed by atoms with van der Waals surface area (Å²) in [5, 5.41) is 0. The topological polar surface area (TPSA) is 55.4 Å². The lowest BCUT2D eigenvalue weighted by molar-refractivity contribution is -0.0772. The molecule has 0 saturated carbocycles. The lowest BCUT2D eigenvalue weighted by Crippen LogP contribution is -2.44. The molecule has 0 aliphatic carbocycles. The van der Waals surface area contributed by atoms with Gasteiger partial charge in [0.05, 0.1) is 45.1 Å². The van der Waals surface area contributed by atoms with Crippen LogP contribution in [0.25, 0.3) is 0 Å². The van der Waals surface area contributed by atoms with Crippen LogP contribution < -0.4 is 0 Å². The van der Waals surface area contributed by atoms with E-state index in [0.717, 1.165) is 11.1 Å². The summed E-state index contributed by atoms with van der Waals surface area (Å²) in [6.45, 7) is 11.3. The van der Waals surface area contributed by atoms with E-state index in [4.69, 9.17) is 27.1 Å². The normalized spacial score (nSPS) is 26.3. The smallest absolute Gasteiger partial charge is 0.311 e. The minimum Gasteiger partial charge on any atom is -0.311 e.